The monoisotopic (exact) mass is 495 g/mol. The van der Waals surface area contributed by atoms with Crippen molar-refractivity contribution in [3.63, 3.8) is 0 Å². The third kappa shape index (κ3) is 5.46. The molecule has 0 unspecified atom stereocenters. The van der Waals surface area contributed by atoms with Crippen molar-refractivity contribution in [1.82, 2.24) is 9.88 Å². The number of hydrogen-bond acceptors (Lipinski definition) is 7. The van der Waals surface area contributed by atoms with Crippen molar-refractivity contribution in [2.45, 2.75) is 39.5 Å². The topological polar surface area (TPSA) is 82.8 Å². The summed E-state index contributed by atoms with van der Waals surface area (Å²) >= 11 is 1.48. The van der Waals surface area contributed by atoms with E-state index in [2.05, 4.69) is 22.8 Å². The molecule has 1 fully saturated rings. The van der Waals surface area contributed by atoms with Gasteiger partial charge in [0.2, 0.25) is 0 Å². The van der Waals surface area contributed by atoms with Crippen molar-refractivity contribution < 1.29 is 9.72 Å². The van der Waals surface area contributed by atoms with E-state index in [1.165, 1.54) is 17.4 Å². The Bertz CT molecular complexity index is 1230. The summed E-state index contributed by atoms with van der Waals surface area (Å²) in [6.45, 7) is 7.00. The van der Waals surface area contributed by atoms with Gasteiger partial charge in [0.05, 0.1) is 15.1 Å². The molecule has 1 aromatic heterocycles. The van der Waals surface area contributed by atoms with Crippen LogP contribution in [0.1, 0.15) is 47.2 Å². The number of amides is 1. The zero-order valence-corrected chi connectivity index (χ0v) is 21.7. The minimum Gasteiger partial charge on any atom is -0.366 e. The SMILES string of the molecule is Cc1ccc2sc(N(CCCN(C)C)C(=O)c3ccc(N4CCCCC4)c([N+](=O)[O-])c3)nc2c1C. The van der Waals surface area contributed by atoms with Crippen molar-refractivity contribution in [1.29, 1.82) is 0 Å². The number of thiazole rings is 1. The minimum atomic E-state index is -0.374. The van der Waals surface area contributed by atoms with Crippen LogP contribution in [0.25, 0.3) is 10.2 Å². The molecule has 0 aliphatic carbocycles. The fourth-order valence-corrected chi connectivity index (χ4v) is 5.57. The van der Waals surface area contributed by atoms with Crippen molar-refractivity contribution in [2.24, 2.45) is 0 Å². The number of rotatable bonds is 8. The van der Waals surface area contributed by atoms with Gasteiger partial charge in [0.1, 0.15) is 5.69 Å². The fraction of sp³-hybridized carbons (Fsp3) is 0.462. The molecular weight excluding hydrogens is 462 g/mol. The lowest BCUT2D eigenvalue weighted by atomic mass is 10.1. The quantitative estimate of drug-likeness (QED) is 0.307. The van der Waals surface area contributed by atoms with Gasteiger partial charge >= 0.3 is 0 Å². The lowest BCUT2D eigenvalue weighted by Crippen LogP contribution is -2.34. The Balaban J connectivity index is 1.70. The predicted molar refractivity (Wildman–Crippen MR) is 143 cm³/mol. The molecule has 35 heavy (non-hydrogen) atoms. The lowest BCUT2D eigenvalue weighted by Gasteiger charge is -2.28. The molecule has 0 atom stereocenters. The van der Waals surface area contributed by atoms with Gasteiger partial charge in [0.15, 0.2) is 5.13 Å². The van der Waals surface area contributed by atoms with Crippen LogP contribution in [0.3, 0.4) is 0 Å². The number of anilines is 2. The average Bonchev–Trinajstić information content (AvgIpc) is 3.28. The van der Waals surface area contributed by atoms with E-state index in [0.717, 1.165) is 66.7 Å². The number of nitro groups is 1. The van der Waals surface area contributed by atoms with Crippen LogP contribution >= 0.6 is 11.3 Å². The van der Waals surface area contributed by atoms with Crippen LogP contribution in [0.15, 0.2) is 30.3 Å². The Labute approximate surface area is 210 Å². The van der Waals surface area contributed by atoms with Gasteiger partial charge in [-0.15, -0.1) is 0 Å². The Hall–Kier alpha value is -3.04. The first kappa shape index (κ1) is 25.1. The number of benzene rings is 2. The number of aromatic nitrogens is 1. The highest BCUT2D eigenvalue weighted by Crippen LogP contribution is 2.35. The Kier molecular flexibility index (Phi) is 7.66. The maximum absolute atomic E-state index is 13.8. The summed E-state index contributed by atoms with van der Waals surface area (Å²) < 4.78 is 1.03. The summed E-state index contributed by atoms with van der Waals surface area (Å²) in [6, 6.07) is 9.01. The van der Waals surface area contributed by atoms with E-state index in [9.17, 15) is 14.9 Å². The first-order valence-electron chi connectivity index (χ1n) is 12.1. The molecule has 0 bridgehead atoms. The number of carbonyl (C=O) groups is 1. The highest BCUT2D eigenvalue weighted by molar-refractivity contribution is 7.22. The van der Waals surface area contributed by atoms with Crippen LogP contribution < -0.4 is 9.80 Å². The van der Waals surface area contributed by atoms with E-state index in [1.54, 1.807) is 17.0 Å². The average molecular weight is 496 g/mol. The maximum Gasteiger partial charge on any atom is 0.293 e. The molecule has 3 aromatic rings. The van der Waals surface area contributed by atoms with Gasteiger partial charge in [-0.1, -0.05) is 17.4 Å². The van der Waals surface area contributed by atoms with Crippen molar-refractivity contribution >= 4 is 44.0 Å². The van der Waals surface area contributed by atoms with Gasteiger partial charge in [-0.25, -0.2) is 4.98 Å². The molecule has 186 valence electrons. The molecule has 1 saturated heterocycles. The number of piperidine rings is 1. The molecule has 9 heteroatoms. The number of carbonyl (C=O) groups excluding carboxylic acids is 1. The minimum absolute atomic E-state index is 0.0123. The molecule has 2 heterocycles. The molecule has 0 saturated carbocycles. The second-order valence-corrected chi connectivity index (χ2v) is 10.5. The van der Waals surface area contributed by atoms with Gasteiger partial charge in [0, 0.05) is 31.3 Å². The molecule has 0 radical (unpaired) electrons. The number of fused-ring (bicyclic) bond motifs is 1. The van der Waals surface area contributed by atoms with Crippen molar-refractivity contribution in [2.75, 3.05) is 50.1 Å². The summed E-state index contributed by atoms with van der Waals surface area (Å²) in [4.78, 5) is 36.0. The molecule has 2 aromatic carbocycles. The van der Waals surface area contributed by atoms with Crippen LogP contribution in [0.4, 0.5) is 16.5 Å². The zero-order chi connectivity index (χ0) is 25.1. The number of nitro benzene ring substituents is 1. The fourth-order valence-electron chi connectivity index (χ4n) is 4.52. The van der Waals surface area contributed by atoms with Crippen LogP contribution in [-0.4, -0.2) is 61.0 Å². The maximum atomic E-state index is 13.8. The molecule has 4 rings (SSSR count). The summed E-state index contributed by atoms with van der Waals surface area (Å²) in [5.74, 6) is -0.259. The highest BCUT2D eigenvalue weighted by Gasteiger charge is 2.27. The molecule has 0 N–H and O–H groups in total. The molecule has 1 amide bonds. The summed E-state index contributed by atoms with van der Waals surface area (Å²) in [7, 11) is 4.00. The Morgan fingerprint density at radius 3 is 2.54 bits per heavy atom. The molecule has 0 spiro atoms. The largest absolute Gasteiger partial charge is 0.366 e. The Morgan fingerprint density at radius 1 is 1.11 bits per heavy atom. The van der Waals surface area contributed by atoms with Crippen LogP contribution in [0.5, 0.6) is 0 Å². The van der Waals surface area contributed by atoms with Gasteiger partial charge in [-0.3, -0.25) is 19.8 Å². The second kappa shape index (κ2) is 10.7. The summed E-state index contributed by atoms with van der Waals surface area (Å²) in [5, 5.41) is 12.6. The second-order valence-electron chi connectivity index (χ2n) is 9.47. The summed E-state index contributed by atoms with van der Waals surface area (Å²) in [6.07, 6.45) is 3.95. The van der Waals surface area contributed by atoms with Gasteiger partial charge < -0.3 is 9.80 Å². The number of nitrogens with zero attached hydrogens (tertiary/aromatic N) is 5. The van der Waals surface area contributed by atoms with E-state index >= 15 is 0 Å². The van der Waals surface area contributed by atoms with E-state index in [-0.39, 0.29) is 16.5 Å². The number of hydrogen-bond donors (Lipinski definition) is 0. The predicted octanol–water partition coefficient (Wildman–Crippen LogP) is 5.41. The smallest absolute Gasteiger partial charge is 0.293 e. The molecular formula is C26H33N5O3S. The van der Waals surface area contributed by atoms with E-state index in [4.69, 9.17) is 4.98 Å². The van der Waals surface area contributed by atoms with E-state index < -0.39 is 0 Å². The standard InChI is InChI=1S/C26H33N5O3S/c1-18-9-12-23-24(19(18)2)27-26(35-23)30(16-8-13-28(3)4)25(32)20-10-11-21(22(17-20)31(33)34)29-14-6-5-7-15-29/h9-12,17H,5-8,13-16H2,1-4H3. The highest BCUT2D eigenvalue weighted by atomic mass is 32.1. The van der Waals surface area contributed by atoms with Crippen LogP contribution in [0, 0.1) is 24.0 Å². The van der Waals surface area contributed by atoms with E-state index in [0.29, 0.717) is 22.9 Å². The summed E-state index contributed by atoms with van der Waals surface area (Å²) in [5.41, 5.74) is 4.06. The van der Waals surface area contributed by atoms with Gasteiger partial charge in [0.25, 0.3) is 11.6 Å². The molecule has 1 aliphatic rings. The first-order valence-corrected chi connectivity index (χ1v) is 12.9. The van der Waals surface area contributed by atoms with Gasteiger partial charge in [-0.05, 0) is 89.5 Å². The number of aryl methyl sites for hydroxylation is 2. The first-order chi connectivity index (χ1) is 16.8. The normalized spacial score (nSPS) is 14.0. The van der Waals surface area contributed by atoms with E-state index in [1.807, 2.05) is 27.1 Å². The lowest BCUT2D eigenvalue weighted by molar-refractivity contribution is -0.384. The third-order valence-corrected chi connectivity index (χ3v) is 7.70. The molecule has 1 aliphatic heterocycles. The zero-order valence-electron chi connectivity index (χ0n) is 20.9. The van der Waals surface area contributed by atoms with Gasteiger partial charge in [-0.2, -0.15) is 0 Å². The Morgan fingerprint density at radius 2 is 1.86 bits per heavy atom. The third-order valence-electron chi connectivity index (χ3n) is 6.65. The molecule has 8 nitrogen and oxygen atoms in total. The van der Waals surface area contributed by atoms with Crippen molar-refractivity contribution in [3.8, 4) is 0 Å². The van der Waals surface area contributed by atoms with Crippen LogP contribution in [0.2, 0.25) is 0 Å². The van der Waals surface area contributed by atoms with Crippen molar-refractivity contribution in [3.05, 3.63) is 57.1 Å². The van der Waals surface area contributed by atoms with Crippen LogP contribution in [-0.2, 0) is 0 Å².